The number of rotatable bonds is 2. The molecule has 1 aromatic rings. The number of anilines is 1. The summed E-state index contributed by atoms with van der Waals surface area (Å²) >= 11 is 1.66. The SMILES string of the molecule is CNc1nc2c(s1)C[C@H](NC(=O)OC(C)(C)C)CC2. The highest BCUT2D eigenvalue weighted by atomic mass is 32.1. The molecule has 0 spiro atoms. The molecule has 0 unspecified atom stereocenters. The number of carbonyl (C=O) groups excluding carboxylic acids is 1. The Kier molecular flexibility index (Phi) is 3.99. The number of fused-ring (bicyclic) bond motifs is 1. The van der Waals surface area contributed by atoms with Gasteiger partial charge in [0.2, 0.25) is 0 Å². The van der Waals surface area contributed by atoms with E-state index in [2.05, 4.69) is 15.6 Å². The quantitative estimate of drug-likeness (QED) is 0.875. The van der Waals surface area contributed by atoms with Gasteiger partial charge in [0.25, 0.3) is 0 Å². The summed E-state index contributed by atoms with van der Waals surface area (Å²) < 4.78 is 5.28. The number of nitrogens with zero attached hydrogens (tertiary/aromatic N) is 1. The fourth-order valence-corrected chi connectivity index (χ4v) is 3.12. The number of amides is 1. The van der Waals surface area contributed by atoms with E-state index in [1.807, 2.05) is 27.8 Å². The first-order valence-corrected chi connectivity index (χ1v) is 7.35. The van der Waals surface area contributed by atoms with Gasteiger partial charge in [0.15, 0.2) is 5.13 Å². The molecule has 5 nitrogen and oxygen atoms in total. The standard InChI is InChI=1S/C13H21N3O2S/c1-13(2,3)18-12(17)15-8-5-6-9-10(7-8)19-11(14-4)16-9/h8H,5-7H2,1-4H3,(H,14,16)(H,15,17)/t8-/m1/s1. The van der Waals surface area contributed by atoms with Gasteiger partial charge in [0.05, 0.1) is 5.69 Å². The molecular weight excluding hydrogens is 262 g/mol. The topological polar surface area (TPSA) is 63.2 Å². The number of hydrogen-bond donors (Lipinski definition) is 2. The van der Waals surface area contributed by atoms with Crippen LogP contribution in [0.3, 0.4) is 0 Å². The van der Waals surface area contributed by atoms with E-state index in [1.165, 1.54) is 4.88 Å². The lowest BCUT2D eigenvalue weighted by Crippen LogP contribution is -2.41. The van der Waals surface area contributed by atoms with E-state index < -0.39 is 5.60 Å². The fourth-order valence-electron chi connectivity index (χ4n) is 2.08. The van der Waals surface area contributed by atoms with Crippen LogP contribution in [-0.4, -0.2) is 29.8 Å². The molecule has 1 aromatic heterocycles. The molecule has 1 heterocycles. The number of aromatic nitrogens is 1. The minimum Gasteiger partial charge on any atom is -0.444 e. The second kappa shape index (κ2) is 5.36. The average molecular weight is 283 g/mol. The summed E-state index contributed by atoms with van der Waals surface area (Å²) in [5, 5.41) is 6.95. The first-order chi connectivity index (χ1) is 8.87. The number of carbonyl (C=O) groups is 1. The number of hydrogen-bond acceptors (Lipinski definition) is 5. The van der Waals surface area contributed by atoms with Crippen molar-refractivity contribution < 1.29 is 9.53 Å². The van der Waals surface area contributed by atoms with E-state index in [0.29, 0.717) is 0 Å². The Bertz CT molecular complexity index is 465. The Balaban J connectivity index is 1.93. The van der Waals surface area contributed by atoms with Crippen molar-refractivity contribution in [3.63, 3.8) is 0 Å². The summed E-state index contributed by atoms with van der Waals surface area (Å²) in [6.45, 7) is 5.61. The van der Waals surface area contributed by atoms with Crippen molar-refractivity contribution >= 4 is 22.6 Å². The molecule has 0 bridgehead atoms. The number of aryl methyl sites for hydroxylation is 1. The molecule has 1 aliphatic rings. The van der Waals surface area contributed by atoms with Crippen LogP contribution >= 0.6 is 11.3 Å². The van der Waals surface area contributed by atoms with Gasteiger partial charge in [-0.1, -0.05) is 0 Å². The summed E-state index contributed by atoms with van der Waals surface area (Å²) in [4.78, 5) is 17.5. The number of alkyl carbamates (subject to hydrolysis) is 1. The lowest BCUT2D eigenvalue weighted by molar-refractivity contribution is 0.0500. The summed E-state index contributed by atoms with van der Waals surface area (Å²) in [5.74, 6) is 0. The maximum absolute atomic E-state index is 11.7. The predicted molar refractivity (Wildman–Crippen MR) is 76.8 cm³/mol. The van der Waals surface area contributed by atoms with Gasteiger partial charge in [0.1, 0.15) is 5.60 Å². The zero-order chi connectivity index (χ0) is 14.0. The summed E-state index contributed by atoms with van der Waals surface area (Å²) in [5.41, 5.74) is 0.713. The molecule has 1 atom stereocenters. The van der Waals surface area contributed by atoms with E-state index in [0.717, 1.165) is 30.1 Å². The molecule has 0 aromatic carbocycles. The third kappa shape index (κ3) is 3.83. The molecule has 0 aliphatic heterocycles. The van der Waals surface area contributed by atoms with Crippen LogP contribution in [0, 0.1) is 0 Å². The Morgan fingerprint density at radius 1 is 1.47 bits per heavy atom. The van der Waals surface area contributed by atoms with Gasteiger partial charge in [-0.2, -0.15) is 0 Å². The van der Waals surface area contributed by atoms with Gasteiger partial charge in [-0.25, -0.2) is 9.78 Å². The molecule has 2 N–H and O–H groups in total. The summed E-state index contributed by atoms with van der Waals surface area (Å²) in [7, 11) is 1.88. The monoisotopic (exact) mass is 283 g/mol. The Morgan fingerprint density at radius 2 is 2.21 bits per heavy atom. The van der Waals surface area contributed by atoms with Crippen molar-refractivity contribution in [3.8, 4) is 0 Å². The van der Waals surface area contributed by atoms with Gasteiger partial charge in [-0.05, 0) is 33.6 Å². The van der Waals surface area contributed by atoms with Crippen LogP contribution in [-0.2, 0) is 17.6 Å². The third-order valence-electron chi connectivity index (χ3n) is 2.87. The Morgan fingerprint density at radius 3 is 2.84 bits per heavy atom. The third-order valence-corrected chi connectivity index (χ3v) is 4.01. The van der Waals surface area contributed by atoms with Crippen LogP contribution in [0.4, 0.5) is 9.93 Å². The van der Waals surface area contributed by atoms with E-state index in [9.17, 15) is 4.79 Å². The van der Waals surface area contributed by atoms with Crippen LogP contribution in [0.15, 0.2) is 0 Å². The molecule has 0 saturated heterocycles. The normalized spacial score (nSPS) is 18.6. The lowest BCUT2D eigenvalue weighted by atomic mass is 9.98. The molecule has 0 fully saturated rings. The summed E-state index contributed by atoms with van der Waals surface area (Å²) in [6, 6.07) is 0.146. The Hall–Kier alpha value is -1.30. The van der Waals surface area contributed by atoms with Gasteiger partial charge in [-0.3, -0.25) is 0 Å². The van der Waals surface area contributed by atoms with Crippen molar-refractivity contribution in [1.29, 1.82) is 0 Å². The first kappa shape index (κ1) is 14.1. The minimum absolute atomic E-state index is 0.146. The van der Waals surface area contributed by atoms with Crippen molar-refractivity contribution in [2.75, 3.05) is 12.4 Å². The van der Waals surface area contributed by atoms with Gasteiger partial charge in [-0.15, -0.1) is 11.3 Å². The fraction of sp³-hybridized carbons (Fsp3) is 0.692. The van der Waals surface area contributed by atoms with Gasteiger partial charge in [0, 0.05) is 24.4 Å². The highest BCUT2D eigenvalue weighted by molar-refractivity contribution is 7.15. The van der Waals surface area contributed by atoms with Crippen molar-refractivity contribution in [3.05, 3.63) is 10.6 Å². The molecule has 0 radical (unpaired) electrons. The second-order valence-corrected chi connectivity index (χ2v) is 6.81. The maximum atomic E-state index is 11.7. The highest BCUT2D eigenvalue weighted by Gasteiger charge is 2.25. The molecule has 19 heavy (non-hydrogen) atoms. The second-order valence-electron chi connectivity index (χ2n) is 5.72. The zero-order valence-corrected chi connectivity index (χ0v) is 12.7. The van der Waals surface area contributed by atoms with Crippen molar-refractivity contribution in [2.24, 2.45) is 0 Å². The van der Waals surface area contributed by atoms with Crippen molar-refractivity contribution in [1.82, 2.24) is 10.3 Å². The Labute approximate surface area is 117 Å². The van der Waals surface area contributed by atoms with Gasteiger partial charge >= 0.3 is 6.09 Å². The maximum Gasteiger partial charge on any atom is 0.407 e. The smallest absolute Gasteiger partial charge is 0.407 e. The molecule has 2 rings (SSSR count). The molecule has 106 valence electrons. The summed E-state index contributed by atoms with van der Waals surface area (Å²) in [6.07, 6.45) is 2.33. The highest BCUT2D eigenvalue weighted by Crippen LogP contribution is 2.29. The molecule has 1 amide bonds. The minimum atomic E-state index is -0.451. The van der Waals surface area contributed by atoms with Crippen LogP contribution in [0.1, 0.15) is 37.8 Å². The van der Waals surface area contributed by atoms with E-state index in [-0.39, 0.29) is 12.1 Å². The molecule has 0 saturated carbocycles. The van der Waals surface area contributed by atoms with E-state index in [1.54, 1.807) is 11.3 Å². The number of nitrogens with one attached hydrogen (secondary N) is 2. The van der Waals surface area contributed by atoms with Crippen LogP contribution in [0.25, 0.3) is 0 Å². The van der Waals surface area contributed by atoms with Crippen LogP contribution < -0.4 is 10.6 Å². The number of thiazole rings is 1. The van der Waals surface area contributed by atoms with E-state index in [4.69, 9.17) is 4.74 Å². The average Bonchev–Trinajstić information content (AvgIpc) is 2.68. The molecule has 6 heteroatoms. The first-order valence-electron chi connectivity index (χ1n) is 6.53. The largest absolute Gasteiger partial charge is 0.444 e. The van der Waals surface area contributed by atoms with Gasteiger partial charge < -0.3 is 15.4 Å². The van der Waals surface area contributed by atoms with E-state index >= 15 is 0 Å². The number of ether oxygens (including phenoxy) is 1. The molecular formula is C13H21N3O2S. The van der Waals surface area contributed by atoms with Crippen LogP contribution in [0.5, 0.6) is 0 Å². The lowest BCUT2D eigenvalue weighted by Gasteiger charge is -2.25. The predicted octanol–water partition coefficient (Wildman–Crippen LogP) is 2.57. The molecule has 1 aliphatic carbocycles. The zero-order valence-electron chi connectivity index (χ0n) is 11.9. The van der Waals surface area contributed by atoms with Crippen molar-refractivity contribution in [2.45, 2.75) is 51.7 Å². The van der Waals surface area contributed by atoms with Crippen LogP contribution in [0.2, 0.25) is 0 Å².